The first-order valence-electron chi connectivity index (χ1n) is 7.22. The Bertz CT molecular complexity index is 456. The molecule has 1 aromatic rings. The van der Waals surface area contributed by atoms with E-state index >= 15 is 0 Å². The highest BCUT2D eigenvalue weighted by Gasteiger charge is 2.18. The van der Waals surface area contributed by atoms with Gasteiger partial charge in [0.1, 0.15) is 0 Å². The van der Waals surface area contributed by atoms with Crippen LogP contribution in [-0.4, -0.2) is 17.3 Å². The molecule has 0 radical (unpaired) electrons. The molecule has 19 heavy (non-hydrogen) atoms. The third kappa shape index (κ3) is 4.39. The molecule has 4 heteroatoms. The first-order valence-corrected chi connectivity index (χ1v) is 7.22. The van der Waals surface area contributed by atoms with Crippen LogP contribution in [0, 0.1) is 5.92 Å². The number of anilines is 1. The highest BCUT2D eigenvalue weighted by molar-refractivity contribution is 5.33. The molecule has 1 aliphatic carbocycles. The maximum atomic E-state index is 11.6. The van der Waals surface area contributed by atoms with Crippen LogP contribution >= 0.6 is 0 Å². The number of hydrogen-bond acceptors (Lipinski definition) is 3. The molecule has 2 atom stereocenters. The maximum absolute atomic E-state index is 11.6. The average molecular weight is 264 g/mol. The minimum absolute atomic E-state index is 0.000452. The molecule has 0 aliphatic heterocycles. The van der Waals surface area contributed by atoms with Gasteiger partial charge in [0.25, 0.3) is 5.56 Å². The largest absolute Gasteiger partial charge is 0.398 e. The lowest BCUT2D eigenvalue weighted by atomic mass is 9.89. The average Bonchev–Trinajstić information content (AvgIpc) is 2.39. The van der Waals surface area contributed by atoms with Gasteiger partial charge in [0.15, 0.2) is 0 Å². The Morgan fingerprint density at radius 2 is 2.26 bits per heavy atom. The Balaban J connectivity index is 1.71. The van der Waals surface area contributed by atoms with E-state index in [-0.39, 0.29) is 5.56 Å². The van der Waals surface area contributed by atoms with Crippen molar-refractivity contribution in [3.8, 4) is 0 Å². The molecule has 1 aromatic heterocycles. The van der Waals surface area contributed by atoms with Crippen LogP contribution in [0.4, 0.5) is 5.69 Å². The second-order valence-corrected chi connectivity index (χ2v) is 5.61. The van der Waals surface area contributed by atoms with Crippen LogP contribution in [0.3, 0.4) is 0 Å². The molecule has 0 saturated heterocycles. The molecular formula is C15H24N2O2. The molecule has 1 aliphatic rings. The third-order valence-corrected chi connectivity index (χ3v) is 3.79. The van der Waals surface area contributed by atoms with Gasteiger partial charge in [-0.3, -0.25) is 4.79 Å². The fourth-order valence-electron chi connectivity index (χ4n) is 2.74. The van der Waals surface area contributed by atoms with Crippen molar-refractivity contribution in [1.82, 2.24) is 4.57 Å². The predicted molar refractivity (Wildman–Crippen MR) is 77.1 cm³/mol. The number of ether oxygens (including phenoxy) is 1. The van der Waals surface area contributed by atoms with Gasteiger partial charge in [-0.1, -0.05) is 19.8 Å². The number of aryl methyl sites for hydroxylation is 1. The molecule has 0 aromatic carbocycles. The molecule has 0 spiro atoms. The van der Waals surface area contributed by atoms with E-state index in [1.165, 1.54) is 31.7 Å². The van der Waals surface area contributed by atoms with E-state index in [9.17, 15) is 4.79 Å². The van der Waals surface area contributed by atoms with Gasteiger partial charge in [-0.05, 0) is 31.2 Å². The highest BCUT2D eigenvalue weighted by Crippen LogP contribution is 2.25. The first kappa shape index (κ1) is 14.1. The van der Waals surface area contributed by atoms with Gasteiger partial charge in [-0.15, -0.1) is 0 Å². The lowest BCUT2D eigenvalue weighted by Gasteiger charge is -2.26. The second-order valence-electron chi connectivity index (χ2n) is 5.61. The standard InChI is InChI=1S/C15H24N2O2/c1-12-4-2-5-14(10-12)19-9-3-8-17-11-13(16)6-7-15(17)18/h6-7,11-12,14H,2-5,8-10,16H2,1H3. The van der Waals surface area contributed by atoms with Crippen molar-refractivity contribution in [3.63, 3.8) is 0 Å². The Hall–Kier alpha value is -1.29. The number of nitrogen functional groups attached to an aromatic ring is 1. The Morgan fingerprint density at radius 1 is 1.42 bits per heavy atom. The van der Waals surface area contributed by atoms with Crippen molar-refractivity contribution in [2.24, 2.45) is 5.92 Å². The van der Waals surface area contributed by atoms with E-state index in [0.717, 1.165) is 18.9 Å². The minimum Gasteiger partial charge on any atom is -0.398 e. The predicted octanol–water partition coefficient (Wildman–Crippen LogP) is 2.42. The van der Waals surface area contributed by atoms with Crippen LogP contribution in [0.15, 0.2) is 23.1 Å². The fraction of sp³-hybridized carbons (Fsp3) is 0.667. The zero-order valence-electron chi connectivity index (χ0n) is 11.7. The molecule has 2 unspecified atom stereocenters. The summed E-state index contributed by atoms with van der Waals surface area (Å²) in [5, 5.41) is 0. The van der Waals surface area contributed by atoms with Crippen LogP contribution < -0.4 is 11.3 Å². The van der Waals surface area contributed by atoms with Crippen molar-refractivity contribution in [2.45, 2.75) is 51.7 Å². The second kappa shape index (κ2) is 6.75. The molecular weight excluding hydrogens is 240 g/mol. The Labute approximate surface area is 114 Å². The van der Waals surface area contributed by atoms with Gasteiger partial charge in [-0.2, -0.15) is 0 Å². The lowest BCUT2D eigenvalue weighted by molar-refractivity contribution is 0.0131. The summed E-state index contributed by atoms with van der Waals surface area (Å²) in [5.41, 5.74) is 6.30. The van der Waals surface area contributed by atoms with E-state index in [2.05, 4.69) is 6.92 Å². The number of nitrogens with zero attached hydrogens (tertiary/aromatic N) is 1. The van der Waals surface area contributed by atoms with Gasteiger partial charge in [0.05, 0.1) is 6.10 Å². The summed E-state index contributed by atoms with van der Waals surface area (Å²) in [6.45, 7) is 3.69. The van der Waals surface area contributed by atoms with Crippen LogP contribution in [0.1, 0.15) is 39.0 Å². The summed E-state index contributed by atoms with van der Waals surface area (Å²) >= 11 is 0. The van der Waals surface area contributed by atoms with E-state index < -0.39 is 0 Å². The molecule has 2 rings (SSSR count). The monoisotopic (exact) mass is 264 g/mol. The zero-order chi connectivity index (χ0) is 13.7. The third-order valence-electron chi connectivity index (χ3n) is 3.79. The van der Waals surface area contributed by atoms with Crippen LogP contribution in [0.5, 0.6) is 0 Å². The van der Waals surface area contributed by atoms with Crippen LogP contribution in [-0.2, 0) is 11.3 Å². The highest BCUT2D eigenvalue weighted by atomic mass is 16.5. The quantitative estimate of drug-likeness (QED) is 0.831. The molecule has 0 bridgehead atoms. The fourth-order valence-corrected chi connectivity index (χ4v) is 2.74. The van der Waals surface area contributed by atoms with Gasteiger partial charge in [0.2, 0.25) is 0 Å². The smallest absolute Gasteiger partial charge is 0.250 e. The lowest BCUT2D eigenvalue weighted by Crippen LogP contribution is -2.23. The summed E-state index contributed by atoms with van der Waals surface area (Å²) in [7, 11) is 0. The van der Waals surface area contributed by atoms with E-state index in [0.29, 0.717) is 18.3 Å². The summed E-state index contributed by atoms with van der Waals surface area (Å²) in [6, 6.07) is 3.15. The van der Waals surface area contributed by atoms with Crippen molar-refractivity contribution in [3.05, 3.63) is 28.7 Å². The van der Waals surface area contributed by atoms with Crippen molar-refractivity contribution in [2.75, 3.05) is 12.3 Å². The number of hydrogen-bond donors (Lipinski definition) is 1. The molecule has 4 nitrogen and oxygen atoms in total. The number of nitrogens with two attached hydrogens (primary N) is 1. The van der Waals surface area contributed by atoms with Crippen molar-refractivity contribution < 1.29 is 4.74 Å². The van der Waals surface area contributed by atoms with E-state index in [1.54, 1.807) is 16.8 Å². The number of rotatable bonds is 5. The molecule has 1 fully saturated rings. The SMILES string of the molecule is CC1CCCC(OCCCn2cc(N)ccc2=O)C1. The molecule has 1 saturated carbocycles. The van der Waals surface area contributed by atoms with Gasteiger partial charge in [-0.25, -0.2) is 0 Å². The van der Waals surface area contributed by atoms with Gasteiger partial charge < -0.3 is 15.0 Å². The van der Waals surface area contributed by atoms with E-state index in [4.69, 9.17) is 10.5 Å². The van der Waals surface area contributed by atoms with Gasteiger partial charge >= 0.3 is 0 Å². The molecule has 1 heterocycles. The molecule has 106 valence electrons. The minimum atomic E-state index is 0.000452. The van der Waals surface area contributed by atoms with Crippen molar-refractivity contribution >= 4 is 5.69 Å². The number of pyridine rings is 1. The Morgan fingerprint density at radius 3 is 3.05 bits per heavy atom. The van der Waals surface area contributed by atoms with E-state index in [1.807, 2.05) is 0 Å². The maximum Gasteiger partial charge on any atom is 0.250 e. The molecule has 0 amide bonds. The number of aromatic nitrogens is 1. The van der Waals surface area contributed by atoms with Crippen LogP contribution in [0.25, 0.3) is 0 Å². The summed E-state index contributed by atoms with van der Waals surface area (Å²) in [4.78, 5) is 11.6. The van der Waals surface area contributed by atoms with Crippen LogP contribution in [0.2, 0.25) is 0 Å². The Kier molecular flexibility index (Phi) is 5.02. The summed E-state index contributed by atoms with van der Waals surface area (Å²) < 4.78 is 7.55. The summed E-state index contributed by atoms with van der Waals surface area (Å²) in [6.07, 6.45) is 7.94. The van der Waals surface area contributed by atoms with Gasteiger partial charge in [0, 0.05) is 31.1 Å². The van der Waals surface area contributed by atoms with Crippen molar-refractivity contribution in [1.29, 1.82) is 0 Å². The first-order chi connectivity index (χ1) is 9.15. The molecule has 2 N–H and O–H groups in total. The normalized spacial score (nSPS) is 23.4. The zero-order valence-corrected chi connectivity index (χ0v) is 11.7. The summed E-state index contributed by atoms with van der Waals surface area (Å²) in [5.74, 6) is 0.787. The topological polar surface area (TPSA) is 57.2 Å².